The van der Waals surface area contributed by atoms with Crippen molar-refractivity contribution in [1.29, 1.82) is 0 Å². The van der Waals surface area contributed by atoms with E-state index in [1.807, 2.05) is 18.9 Å². The average Bonchev–Trinajstić information content (AvgIpc) is 2.16. The highest BCUT2D eigenvalue weighted by Crippen LogP contribution is 2.26. The summed E-state index contributed by atoms with van der Waals surface area (Å²) in [5.41, 5.74) is -0.118. The quantitative estimate of drug-likeness (QED) is 0.747. The van der Waals surface area contributed by atoms with Gasteiger partial charge in [0.15, 0.2) is 0 Å². The number of amides is 1. The fraction of sp³-hybridized carbons (Fsp3) is 0.917. The highest BCUT2D eigenvalue weighted by molar-refractivity contribution is 5.77. The number of rotatable bonds is 5. The fourth-order valence-electron chi connectivity index (χ4n) is 2.09. The first-order valence-electron chi connectivity index (χ1n) is 6.18. The number of hydrogen-bond donors (Lipinski definition) is 1. The Morgan fingerprint density at radius 2 is 2.19 bits per heavy atom. The molecule has 0 aromatic heterocycles. The molecule has 0 radical (unpaired) electrons. The number of carbonyl (C=O) groups is 1. The van der Waals surface area contributed by atoms with Crippen LogP contribution in [0.5, 0.6) is 0 Å². The summed E-state index contributed by atoms with van der Waals surface area (Å²) in [6, 6.07) is 0. The van der Waals surface area contributed by atoms with E-state index >= 15 is 0 Å². The molecular weight excluding hydrogens is 204 g/mol. The predicted molar refractivity (Wildman–Crippen MR) is 62.2 cm³/mol. The smallest absolute Gasteiger partial charge is 0.248 e. The third-order valence-corrected chi connectivity index (χ3v) is 3.72. The van der Waals surface area contributed by atoms with Gasteiger partial charge in [-0.1, -0.05) is 6.42 Å². The van der Waals surface area contributed by atoms with E-state index in [0.29, 0.717) is 0 Å². The average molecular weight is 226 g/mol. The Labute approximate surface area is 97.3 Å². The van der Waals surface area contributed by atoms with E-state index in [0.717, 1.165) is 25.6 Å². The summed E-state index contributed by atoms with van der Waals surface area (Å²) in [6.45, 7) is 4.88. The van der Waals surface area contributed by atoms with Crippen LogP contribution in [0.4, 0.5) is 0 Å². The lowest BCUT2D eigenvalue weighted by Gasteiger charge is -2.39. The van der Waals surface area contributed by atoms with E-state index in [1.54, 1.807) is 0 Å². The Bertz CT molecular complexity index is 260. The van der Waals surface area contributed by atoms with E-state index < -0.39 is 0 Å². The van der Waals surface area contributed by atoms with Gasteiger partial charge in [-0.3, -0.25) is 4.79 Å². The summed E-state index contributed by atoms with van der Waals surface area (Å²) < 4.78 is 5.63. The Hall–Kier alpha value is -0.610. The van der Waals surface area contributed by atoms with Gasteiger partial charge in [-0.15, -0.1) is 0 Å². The Morgan fingerprint density at radius 3 is 2.62 bits per heavy atom. The maximum absolute atomic E-state index is 11.8. The molecule has 2 aliphatic rings. The molecule has 1 aliphatic heterocycles. The lowest BCUT2D eigenvalue weighted by molar-refractivity contribution is -0.145. The van der Waals surface area contributed by atoms with E-state index in [1.165, 1.54) is 19.3 Å². The third kappa shape index (κ3) is 2.74. The molecule has 1 N–H and O–H groups in total. The van der Waals surface area contributed by atoms with Crippen LogP contribution >= 0.6 is 0 Å². The lowest BCUT2D eigenvalue weighted by Crippen LogP contribution is -2.59. The van der Waals surface area contributed by atoms with E-state index in [4.69, 9.17) is 4.74 Å². The highest BCUT2D eigenvalue weighted by atomic mass is 16.5. The minimum Gasteiger partial charge on any atom is -0.363 e. The summed E-state index contributed by atoms with van der Waals surface area (Å²) in [4.78, 5) is 13.6. The number of nitrogens with zero attached hydrogens (tertiary/aromatic N) is 1. The summed E-state index contributed by atoms with van der Waals surface area (Å²) in [5.74, 6) is 0.843. The summed E-state index contributed by atoms with van der Waals surface area (Å²) in [5, 5.41) is 3.16. The molecule has 1 amide bonds. The van der Waals surface area contributed by atoms with Crippen LogP contribution in [0.15, 0.2) is 0 Å². The molecule has 1 saturated heterocycles. The van der Waals surface area contributed by atoms with Crippen molar-refractivity contribution >= 4 is 5.91 Å². The van der Waals surface area contributed by atoms with Gasteiger partial charge in [0.25, 0.3) is 0 Å². The molecule has 92 valence electrons. The third-order valence-electron chi connectivity index (χ3n) is 3.72. The first-order valence-corrected chi connectivity index (χ1v) is 6.18. The van der Waals surface area contributed by atoms with Gasteiger partial charge in [0.05, 0.1) is 5.60 Å². The molecule has 0 spiro atoms. The summed E-state index contributed by atoms with van der Waals surface area (Å²) in [7, 11) is 1.88. The molecule has 1 heterocycles. The molecule has 1 saturated carbocycles. The minimum absolute atomic E-state index is 0.111. The van der Waals surface area contributed by atoms with Crippen LogP contribution in [0.1, 0.15) is 26.2 Å². The van der Waals surface area contributed by atoms with Gasteiger partial charge in [-0.05, 0) is 25.7 Å². The zero-order valence-corrected chi connectivity index (χ0v) is 10.3. The van der Waals surface area contributed by atoms with Gasteiger partial charge < -0.3 is 15.0 Å². The van der Waals surface area contributed by atoms with Crippen LogP contribution < -0.4 is 5.32 Å². The van der Waals surface area contributed by atoms with E-state index in [-0.39, 0.29) is 18.1 Å². The Morgan fingerprint density at radius 1 is 1.50 bits per heavy atom. The number of nitrogens with one attached hydrogen (secondary N) is 1. The van der Waals surface area contributed by atoms with Crippen LogP contribution in [0.25, 0.3) is 0 Å². The molecule has 4 nitrogen and oxygen atoms in total. The fourth-order valence-corrected chi connectivity index (χ4v) is 2.09. The predicted octanol–water partition coefficient (Wildman–Crippen LogP) is 0.623. The molecule has 1 aliphatic carbocycles. The maximum Gasteiger partial charge on any atom is 0.248 e. The van der Waals surface area contributed by atoms with Crippen molar-refractivity contribution in [3.8, 4) is 0 Å². The number of ether oxygens (including phenoxy) is 1. The van der Waals surface area contributed by atoms with Crippen molar-refractivity contribution in [2.24, 2.45) is 5.92 Å². The molecule has 0 atom stereocenters. The van der Waals surface area contributed by atoms with E-state index in [2.05, 4.69) is 5.32 Å². The molecule has 2 fully saturated rings. The molecule has 16 heavy (non-hydrogen) atoms. The molecule has 0 aromatic rings. The van der Waals surface area contributed by atoms with Crippen molar-refractivity contribution in [3.05, 3.63) is 0 Å². The zero-order chi connectivity index (χ0) is 11.6. The van der Waals surface area contributed by atoms with Crippen molar-refractivity contribution < 1.29 is 9.53 Å². The molecule has 4 heteroatoms. The van der Waals surface area contributed by atoms with Gasteiger partial charge in [0.2, 0.25) is 5.91 Å². The van der Waals surface area contributed by atoms with Crippen molar-refractivity contribution in [2.75, 3.05) is 33.3 Å². The molecule has 0 bridgehead atoms. The van der Waals surface area contributed by atoms with Gasteiger partial charge >= 0.3 is 0 Å². The number of carbonyl (C=O) groups excluding carboxylic acids is 1. The standard InChI is InChI=1S/C12H22N2O2/c1-12(8-13-9-12)16-7-11(15)14(2)6-10-4-3-5-10/h10,13H,3-9H2,1-2H3. The Kier molecular flexibility index (Phi) is 3.50. The second-order valence-electron chi connectivity index (χ2n) is 5.41. The zero-order valence-electron chi connectivity index (χ0n) is 10.3. The monoisotopic (exact) mass is 226 g/mol. The second-order valence-corrected chi connectivity index (χ2v) is 5.41. The van der Waals surface area contributed by atoms with E-state index in [9.17, 15) is 4.79 Å². The molecule has 0 aromatic carbocycles. The second kappa shape index (κ2) is 4.72. The van der Waals surface area contributed by atoms with Gasteiger partial charge in [-0.2, -0.15) is 0 Å². The van der Waals surface area contributed by atoms with Crippen LogP contribution in [0.2, 0.25) is 0 Å². The van der Waals surface area contributed by atoms with Crippen LogP contribution in [-0.2, 0) is 9.53 Å². The normalized spacial score (nSPS) is 23.4. The van der Waals surface area contributed by atoms with Gasteiger partial charge in [-0.25, -0.2) is 0 Å². The number of hydrogen-bond acceptors (Lipinski definition) is 3. The van der Waals surface area contributed by atoms with Gasteiger partial charge in [0, 0.05) is 26.7 Å². The van der Waals surface area contributed by atoms with Crippen molar-refractivity contribution in [3.63, 3.8) is 0 Å². The Balaban J connectivity index is 1.65. The first kappa shape index (κ1) is 11.9. The van der Waals surface area contributed by atoms with Gasteiger partial charge in [0.1, 0.15) is 6.61 Å². The van der Waals surface area contributed by atoms with Crippen LogP contribution in [0, 0.1) is 5.92 Å². The molecule has 2 rings (SSSR count). The number of likely N-dealkylation sites (N-methyl/N-ethyl adjacent to an activating group) is 1. The molecule has 0 unspecified atom stereocenters. The summed E-state index contributed by atoms with van der Waals surface area (Å²) >= 11 is 0. The first-order chi connectivity index (χ1) is 7.59. The van der Waals surface area contributed by atoms with Crippen LogP contribution in [0.3, 0.4) is 0 Å². The van der Waals surface area contributed by atoms with Crippen LogP contribution in [-0.4, -0.2) is 49.7 Å². The SMILES string of the molecule is CN(CC1CCC1)C(=O)COC1(C)CNC1. The lowest BCUT2D eigenvalue weighted by atomic mass is 9.85. The van der Waals surface area contributed by atoms with Crippen molar-refractivity contribution in [2.45, 2.75) is 31.8 Å². The summed E-state index contributed by atoms with van der Waals surface area (Å²) in [6.07, 6.45) is 3.88. The maximum atomic E-state index is 11.8. The highest BCUT2D eigenvalue weighted by Gasteiger charge is 2.33. The van der Waals surface area contributed by atoms with Crippen molar-refractivity contribution in [1.82, 2.24) is 10.2 Å². The molecular formula is C12H22N2O2. The minimum atomic E-state index is -0.118. The topological polar surface area (TPSA) is 41.6 Å². The largest absolute Gasteiger partial charge is 0.363 e.